The predicted octanol–water partition coefficient (Wildman–Crippen LogP) is 2.10. The number of nitrogens with zero attached hydrogens (tertiary/aromatic N) is 1. The van der Waals surface area contributed by atoms with Crippen molar-refractivity contribution in [2.75, 3.05) is 11.9 Å². The number of imidazole rings is 1. The van der Waals surface area contributed by atoms with Gasteiger partial charge in [-0.2, -0.15) is 0 Å². The predicted molar refractivity (Wildman–Crippen MR) is 61.8 cm³/mol. The van der Waals surface area contributed by atoms with Crippen LogP contribution in [-0.4, -0.2) is 27.6 Å². The molecule has 16 heavy (non-hydrogen) atoms. The Bertz CT molecular complexity index is 524. The van der Waals surface area contributed by atoms with E-state index in [4.69, 9.17) is 16.7 Å². The molecule has 1 aromatic heterocycles. The van der Waals surface area contributed by atoms with Gasteiger partial charge in [0, 0.05) is 11.6 Å². The number of benzene rings is 1. The van der Waals surface area contributed by atoms with E-state index in [1.807, 2.05) is 0 Å². The Morgan fingerprint density at radius 1 is 1.56 bits per heavy atom. The Morgan fingerprint density at radius 2 is 2.38 bits per heavy atom. The van der Waals surface area contributed by atoms with E-state index in [-0.39, 0.29) is 6.42 Å². The lowest BCUT2D eigenvalue weighted by Crippen LogP contribution is -2.08. The SMILES string of the molecule is O=C(O)CCNc1nc2ccc(Cl)cc2[nH]1. The van der Waals surface area contributed by atoms with Crippen LogP contribution in [0.5, 0.6) is 0 Å². The minimum absolute atomic E-state index is 0.0534. The average Bonchev–Trinajstić information content (AvgIpc) is 2.58. The number of aromatic amines is 1. The molecule has 2 aromatic rings. The summed E-state index contributed by atoms with van der Waals surface area (Å²) in [5, 5.41) is 12.0. The molecule has 1 heterocycles. The fourth-order valence-corrected chi connectivity index (χ4v) is 1.53. The zero-order valence-electron chi connectivity index (χ0n) is 8.33. The van der Waals surface area contributed by atoms with Gasteiger partial charge in [0.1, 0.15) is 0 Å². The Morgan fingerprint density at radius 3 is 3.12 bits per heavy atom. The van der Waals surface area contributed by atoms with Crippen molar-refractivity contribution in [2.24, 2.45) is 0 Å². The highest BCUT2D eigenvalue weighted by Crippen LogP contribution is 2.18. The fourth-order valence-electron chi connectivity index (χ4n) is 1.35. The molecule has 0 bridgehead atoms. The third kappa shape index (κ3) is 2.43. The summed E-state index contributed by atoms with van der Waals surface area (Å²) in [6.45, 7) is 0.336. The van der Waals surface area contributed by atoms with Gasteiger partial charge < -0.3 is 15.4 Å². The molecule has 0 atom stereocenters. The summed E-state index contributed by atoms with van der Waals surface area (Å²) in [4.78, 5) is 17.6. The number of aromatic nitrogens is 2. The number of carboxylic acid groups (broad SMARTS) is 1. The quantitative estimate of drug-likeness (QED) is 0.764. The van der Waals surface area contributed by atoms with Gasteiger partial charge in [0.15, 0.2) is 0 Å². The van der Waals surface area contributed by atoms with Crippen molar-refractivity contribution in [3.63, 3.8) is 0 Å². The molecule has 0 fully saturated rings. The van der Waals surface area contributed by atoms with Crippen LogP contribution in [0, 0.1) is 0 Å². The van der Waals surface area contributed by atoms with Crippen molar-refractivity contribution in [3.8, 4) is 0 Å². The summed E-state index contributed by atoms with van der Waals surface area (Å²) in [6, 6.07) is 5.33. The maximum absolute atomic E-state index is 10.3. The molecule has 0 spiro atoms. The van der Waals surface area contributed by atoms with Gasteiger partial charge in [-0.25, -0.2) is 4.98 Å². The molecule has 2 rings (SSSR count). The lowest BCUT2D eigenvalue weighted by Gasteiger charge is -1.97. The molecule has 84 valence electrons. The minimum Gasteiger partial charge on any atom is -0.481 e. The highest BCUT2D eigenvalue weighted by Gasteiger charge is 2.03. The standard InChI is InChI=1S/C10H10ClN3O2/c11-6-1-2-7-8(5-6)14-10(13-7)12-4-3-9(15)16/h1-2,5H,3-4H2,(H,15,16)(H2,12,13,14). The summed E-state index contributed by atoms with van der Waals surface area (Å²) in [5.41, 5.74) is 1.62. The van der Waals surface area contributed by atoms with Gasteiger partial charge in [-0.1, -0.05) is 11.6 Å². The third-order valence-corrected chi connectivity index (χ3v) is 2.31. The second kappa shape index (κ2) is 4.40. The van der Waals surface area contributed by atoms with E-state index in [2.05, 4.69) is 15.3 Å². The summed E-state index contributed by atoms with van der Waals surface area (Å²) in [7, 11) is 0. The largest absolute Gasteiger partial charge is 0.481 e. The zero-order valence-corrected chi connectivity index (χ0v) is 9.08. The molecule has 0 aliphatic carbocycles. The molecule has 6 heteroatoms. The van der Waals surface area contributed by atoms with Crippen molar-refractivity contribution < 1.29 is 9.90 Å². The van der Waals surface area contributed by atoms with Gasteiger partial charge in [-0.15, -0.1) is 0 Å². The van der Waals surface area contributed by atoms with Crippen LogP contribution in [0.25, 0.3) is 11.0 Å². The first-order valence-corrected chi connectivity index (χ1v) is 5.14. The number of hydrogen-bond acceptors (Lipinski definition) is 3. The van der Waals surface area contributed by atoms with Crippen molar-refractivity contribution >= 4 is 34.6 Å². The molecule has 0 saturated heterocycles. The second-order valence-corrected chi connectivity index (χ2v) is 3.75. The lowest BCUT2D eigenvalue weighted by atomic mass is 10.3. The molecule has 0 unspecified atom stereocenters. The van der Waals surface area contributed by atoms with Crippen molar-refractivity contribution in [1.29, 1.82) is 0 Å². The summed E-state index contributed by atoms with van der Waals surface area (Å²) >= 11 is 5.83. The summed E-state index contributed by atoms with van der Waals surface area (Å²) in [5.74, 6) is -0.287. The first-order chi connectivity index (χ1) is 7.65. The second-order valence-electron chi connectivity index (χ2n) is 3.32. The van der Waals surface area contributed by atoms with Gasteiger partial charge in [0.05, 0.1) is 17.5 Å². The van der Waals surface area contributed by atoms with Crippen LogP contribution in [0.2, 0.25) is 5.02 Å². The van der Waals surface area contributed by atoms with Crippen LogP contribution in [0.4, 0.5) is 5.95 Å². The van der Waals surface area contributed by atoms with Gasteiger partial charge in [-0.05, 0) is 18.2 Å². The topological polar surface area (TPSA) is 78.0 Å². The molecule has 0 aliphatic heterocycles. The number of halogens is 1. The Balaban J connectivity index is 2.10. The molecule has 3 N–H and O–H groups in total. The van der Waals surface area contributed by atoms with Crippen LogP contribution in [-0.2, 0) is 4.79 Å². The Hall–Kier alpha value is -1.75. The van der Waals surface area contributed by atoms with E-state index < -0.39 is 5.97 Å². The van der Waals surface area contributed by atoms with Gasteiger partial charge in [0.25, 0.3) is 0 Å². The molecular formula is C10H10ClN3O2. The number of rotatable bonds is 4. The first-order valence-electron chi connectivity index (χ1n) is 4.76. The molecule has 0 radical (unpaired) electrons. The Labute approximate surface area is 96.4 Å². The summed E-state index contributed by atoms with van der Waals surface area (Å²) in [6.07, 6.45) is 0.0534. The highest BCUT2D eigenvalue weighted by atomic mass is 35.5. The summed E-state index contributed by atoms with van der Waals surface area (Å²) < 4.78 is 0. The number of nitrogens with one attached hydrogen (secondary N) is 2. The number of fused-ring (bicyclic) bond motifs is 1. The smallest absolute Gasteiger partial charge is 0.305 e. The van der Waals surface area contributed by atoms with Crippen molar-refractivity contribution in [1.82, 2.24) is 9.97 Å². The third-order valence-electron chi connectivity index (χ3n) is 2.08. The van der Waals surface area contributed by atoms with Gasteiger partial charge in [0.2, 0.25) is 5.95 Å². The fraction of sp³-hybridized carbons (Fsp3) is 0.200. The van der Waals surface area contributed by atoms with E-state index in [1.54, 1.807) is 18.2 Å². The number of carbonyl (C=O) groups is 1. The van der Waals surface area contributed by atoms with Gasteiger partial charge >= 0.3 is 5.97 Å². The first kappa shape index (κ1) is 10.8. The van der Waals surface area contributed by atoms with Gasteiger partial charge in [-0.3, -0.25) is 4.79 Å². The molecule has 5 nitrogen and oxygen atoms in total. The van der Waals surface area contributed by atoms with E-state index in [9.17, 15) is 4.79 Å². The zero-order chi connectivity index (χ0) is 11.5. The Kier molecular flexibility index (Phi) is 2.96. The molecule has 1 aromatic carbocycles. The number of anilines is 1. The number of hydrogen-bond donors (Lipinski definition) is 3. The normalized spacial score (nSPS) is 10.6. The van der Waals surface area contributed by atoms with Crippen molar-refractivity contribution in [2.45, 2.75) is 6.42 Å². The van der Waals surface area contributed by atoms with Crippen LogP contribution < -0.4 is 5.32 Å². The lowest BCUT2D eigenvalue weighted by molar-refractivity contribution is -0.136. The molecule has 0 amide bonds. The maximum Gasteiger partial charge on any atom is 0.305 e. The van der Waals surface area contributed by atoms with Crippen LogP contribution >= 0.6 is 11.6 Å². The van der Waals surface area contributed by atoms with Crippen molar-refractivity contribution in [3.05, 3.63) is 23.2 Å². The van der Waals surface area contributed by atoms with Crippen LogP contribution in [0.15, 0.2) is 18.2 Å². The van der Waals surface area contributed by atoms with Crippen LogP contribution in [0.3, 0.4) is 0 Å². The van der Waals surface area contributed by atoms with Crippen LogP contribution in [0.1, 0.15) is 6.42 Å². The van der Waals surface area contributed by atoms with E-state index in [0.717, 1.165) is 11.0 Å². The molecular weight excluding hydrogens is 230 g/mol. The molecule has 0 aliphatic rings. The highest BCUT2D eigenvalue weighted by molar-refractivity contribution is 6.31. The van der Waals surface area contributed by atoms with E-state index in [1.165, 1.54) is 0 Å². The number of carboxylic acids is 1. The average molecular weight is 240 g/mol. The number of aliphatic carboxylic acids is 1. The van der Waals surface area contributed by atoms with E-state index >= 15 is 0 Å². The monoisotopic (exact) mass is 239 g/mol. The maximum atomic E-state index is 10.3. The number of H-pyrrole nitrogens is 1. The molecule has 0 saturated carbocycles. The minimum atomic E-state index is -0.841. The van der Waals surface area contributed by atoms with E-state index in [0.29, 0.717) is 17.5 Å².